The maximum Gasteiger partial charge on any atom is 0.264 e. The Morgan fingerprint density at radius 2 is 1.84 bits per heavy atom. The maximum absolute atomic E-state index is 12.3. The van der Waals surface area contributed by atoms with Crippen LogP contribution in [0.2, 0.25) is 10.0 Å². The quantitative estimate of drug-likeness (QED) is 0.433. The van der Waals surface area contributed by atoms with Crippen LogP contribution in [0.5, 0.6) is 5.75 Å². The normalized spacial score (nSPS) is 15.6. The van der Waals surface area contributed by atoms with Crippen LogP contribution in [0.25, 0.3) is 6.08 Å². The molecule has 0 aliphatic carbocycles. The minimum atomic E-state index is -0.236. The summed E-state index contributed by atoms with van der Waals surface area (Å²) in [7, 11) is 0. The minimum Gasteiger partial charge on any atom is -0.489 e. The van der Waals surface area contributed by atoms with E-state index >= 15 is 0 Å². The van der Waals surface area contributed by atoms with Crippen molar-refractivity contribution < 1.29 is 9.53 Å². The number of amidine groups is 1. The van der Waals surface area contributed by atoms with Crippen molar-refractivity contribution in [2.45, 2.75) is 6.61 Å². The molecule has 1 aliphatic rings. The van der Waals surface area contributed by atoms with Gasteiger partial charge in [0.15, 0.2) is 5.17 Å². The summed E-state index contributed by atoms with van der Waals surface area (Å²) >= 11 is 13.4. The number of benzene rings is 3. The first-order chi connectivity index (χ1) is 15.5. The average Bonchev–Trinajstić information content (AvgIpc) is 3.15. The lowest BCUT2D eigenvalue weighted by Gasteiger charge is -2.07. The van der Waals surface area contributed by atoms with Crippen LogP contribution >= 0.6 is 35.0 Å². The third-order valence-corrected chi connectivity index (χ3v) is 6.23. The Hall–Kier alpha value is -3.24. The van der Waals surface area contributed by atoms with E-state index in [1.54, 1.807) is 30.3 Å². The van der Waals surface area contributed by atoms with Crippen LogP contribution in [0, 0.1) is 11.3 Å². The third kappa shape index (κ3) is 5.14. The number of thioether (sulfide) groups is 1. The molecule has 1 saturated heterocycles. The van der Waals surface area contributed by atoms with Gasteiger partial charge in [0.05, 0.1) is 32.3 Å². The summed E-state index contributed by atoms with van der Waals surface area (Å²) in [5.41, 5.74) is 2.75. The van der Waals surface area contributed by atoms with Crippen molar-refractivity contribution in [3.8, 4) is 11.8 Å². The van der Waals surface area contributed by atoms with Crippen molar-refractivity contribution in [1.82, 2.24) is 5.32 Å². The smallest absolute Gasteiger partial charge is 0.264 e. The molecule has 32 heavy (non-hydrogen) atoms. The Bertz CT molecular complexity index is 1280. The first-order valence-electron chi connectivity index (χ1n) is 9.48. The summed E-state index contributed by atoms with van der Waals surface area (Å²) in [6.45, 7) is 0.300. The minimum absolute atomic E-state index is 0.236. The van der Waals surface area contributed by atoms with Gasteiger partial charge < -0.3 is 10.1 Å². The lowest BCUT2D eigenvalue weighted by Crippen LogP contribution is -2.19. The molecule has 0 spiro atoms. The fourth-order valence-electron chi connectivity index (χ4n) is 2.90. The van der Waals surface area contributed by atoms with Gasteiger partial charge in [-0.1, -0.05) is 59.6 Å². The second-order valence-electron chi connectivity index (χ2n) is 6.68. The number of rotatable bonds is 5. The highest BCUT2D eigenvalue weighted by Crippen LogP contribution is 2.34. The summed E-state index contributed by atoms with van der Waals surface area (Å²) in [4.78, 5) is 17.2. The molecule has 0 atom stereocenters. The van der Waals surface area contributed by atoms with Crippen LogP contribution in [0.1, 0.15) is 16.7 Å². The van der Waals surface area contributed by atoms with Gasteiger partial charge in [-0.15, -0.1) is 0 Å². The Morgan fingerprint density at radius 3 is 2.62 bits per heavy atom. The molecule has 0 aromatic heterocycles. The van der Waals surface area contributed by atoms with Gasteiger partial charge in [0, 0.05) is 5.56 Å². The van der Waals surface area contributed by atoms with Crippen LogP contribution in [0.4, 0.5) is 5.69 Å². The van der Waals surface area contributed by atoms with E-state index in [1.165, 1.54) is 11.8 Å². The first-order valence-corrected chi connectivity index (χ1v) is 11.1. The monoisotopic (exact) mass is 479 g/mol. The first kappa shape index (κ1) is 22.0. The predicted molar refractivity (Wildman–Crippen MR) is 129 cm³/mol. The van der Waals surface area contributed by atoms with E-state index in [2.05, 4.69) is 16.4 Å². The number of carbonyl (C=O) groups excluding carboxylic acids is 1. The van der Waals surface area contributed by atoms with Crippen molar-refractivity contribution in [2.75, 3.05) is 0 Å². The molecule has 0 saturated carbocycles. The van der Waals surface area contributed by atoms with Gasteiger partial charge in [-0.2, -0.15) is 5.26 Å². The second-order valence-corrected chi connectivity index (χ2v) is 8.50. The highest BCUT2D eigenvalue weighted by Gasteiger charge is 2.24. The average molecular weight is 480 g/mol. The number of nitrogens with one attached hydrogen (secondary N) is 1. The highest BCUT2D eigenvalue weighted by atomic mass is 35.5. The Morgan fingerprint density at radius 1 is 1.06 bits per heavy atom. The lowest BCUT2D eigenvalue weighted by atomic mass is 10.1. The molecule has 1 aliphatic heterocycles. The molecule has 158 valence electrons. The lowest BCUT2D eigenvalue weighted by molar-refractivity contribution is -0.115. The molecular formula is C24H15Cl2N3O2S. The van der Waals surface area contributed by atoms with Gasteiger partial charge in [0.2, 0.25) is 0 Å². The number of halogens is 2. The van der Waals surface area contributed by atoms with Crippen molar-refractivity contribution in [1.29, 1.82) is 5.26 Å². The molecule has 1 N–H and O–H groups in total. The molecule has 3 aromatic rings. The van der Waals surface area contributed by atoms with Crippen molar-refractivity contribution in [3.63, 3.8) is 0 Å². The van der Waals surface area contributed by atoms with Crippen molar-refractivity contribution >= 4 is 57.8 Å². The molecule has 1 heterocycles. The van der Waals surface area contributed by atoms with Crippen molar-refractivity contribution in [3.05, 3.63) is 98.4 Å². The van der Waals surface area contributed by atoms with Gasteiger partial charge in [0.1, 0.15) is 12.4 Å². The third-order valence-electron chi connectivity index (χ3n) is 4.51. The largest absolute Gasteiger partial charge is 0.489 e. The van der Waals surface area contributed by atoms with Crippen LogP contribution in [0.3, 0.4) is 0 Å². The molecule has 8 heteroatoms. The Kier molecular flexibility index (Phi) is 6.81. The van der Waals surface area contributed by atoms with E-state index in [4.69, 9.17) is 33.2 Å². The number of carbonyl (C=O) groups is 1. The SMILES string of the molecule is N#Cc1ccccc1COc1ccc(/C=C2/SC(=Nc3cccc(Cl)c3Cl)NC2=O)cc1. The van der Waals surface area contributed by atoms with Gasteiger partial charge in [0.25, 0.3) is 5.91 Å². The topological polar surface area (TPSA) is 74.5 Å². The summed E-state index contributed by atoms with van der Waals surface area (Å²) in [6, 6.07) is 22.0. The fraction of sp³-hybridized carbons (Fsp3) is 0.0417. The molecule has 1 fully saturated rings. The predicted octanol–water partition coefficient (Wildman–Crippen LogP) is 6.34. The van der Waals surface area contributed by atoms with E-state index in [0.717, 1.165) is 11.1 Å². The number of hydrogen-bond donors (Lipinski definition) is 1. The summed E-state index contributed by atoms with van der Waals surface area (Å²) in [5.74, 6) is 0.432. The number of nitriles is 1. The molecule has 0 radical (unpaired) electrons. The molecular weight excluding hydrogens is 465 g/mol. The van der Waals surface area contributed by atoms with E-state index < -0.39 is 0 Å². The van der Waals surface area contributed by atoms with E-state index in [9.17, 15) is 4.79 Å². The van der Waals surface area contributed by atoms with Crippen LogP contribution in [-0.4, -0.2) is 11.1 Å². The summed E-state index contributed by atoms with van der Waals surface area (Å²) < 4.78 is 5.79. The molecule has 0 bridgehead atoms. The van der Waals surface area contributed by atoms with Crippen molar-refractivity contribution in [2.24, 2.45) is 4.99 Å². The second kappa shape index (κ2) is 9.92. The standard InChI is InChI=1S/C24H15Cl2N3O2S/c25-19-6-3-7-20(22(19)26)28-24-29-23(30)21(32-24)12-15-8-10-18(11-9-15)31-14-17-5-2-1-4-16(17)13-27/h1-12H,14H2,(H,28,29,30)/b21-12+. The summed E-state index contributed by atoms with van der Waals surface area (Å²) in [6.07, 6.45) is 1.77. The Balaban J connectivity index is 1.44. The van der Waals surface area contributed by atoms with E-state index in [0.29, 0.717) is 43.7 Å². The molecule has 1 amide bonds. The van der Waals surface area contributed by atoms with E-state index in [-0.39, 0.29) is 5.91 Å². The van der Waals surface area contributed by atoms with Gasteiger partial charge in [-0.05, 0) is 53.7 Å². The zero-order valence-corrected chi connectivity index (χ0v) is 18.8. The van der Waals surface area contributed by atoms with E-state index in [1.807, 2.05) is 42.5 Å². The molecule has 0 unspecified atom stereocenters. The van der Waals surface area contributed by atoms with Crippen LogP contribution < -0.4 is 10.1 Å². The van der Waals surface area contributed by atoms with Gasteiger partial charge in [-0.3, -0.25) is 4.79 Å². The van der Waals surface area contributed by atoms with Crippen LogP contribution in [0.15, 0.2) is 76.6 Å². The zero-order valence-electron chi connectivity index (χ0n) is 16.5. The summed E-state index contributed by atoms with van der Waals surface area (Å²) in [5, 5.41) is 13.1. The number of amides is 1. The number of hydrogen-bond acceptors (Lipinski definition) is 5. The molecule has 4 rings (SSSR count). The van der Waals surface area contributed by atoms with Gasteiger partial charge >= 0.3 is 0 Å². The number of nitrogens with zero attached hydrogens (tertiary/aromatic N) is 2. The highest BCUT2D eigenvalue weighted by molar-refractivity contribution is 8.18. The maximum atomic E-state index is 12.3. The van der Waals surface area contributed by atoms with Gasteiger partial charge in [-0.25, -0.2) is 4.99 Å². The molecule has 3 aromatic carbocycles. The molecule has 5 nitrogen and oxygen atoms in total. The number of ether oxygens (including phenoxy) is 1. The number of aliphatic imine (C=N–C) groups is 1. The fourth-order valence-corrected chi connectivity index (χ4v) is 4.07. The Labute approximate surface area is 199 Å². The zero-order chi connectivity index (χ0) is 22.5. The van der Waals surface area contributed by atoms with Crippen LogP contribution in [-0.2, 0) is 11.4 Å².